The van der Waals surface area contributed by atoms with E-state index in [9.17, 15) is 9.59 Å². The van der Waals surface area contributed by atoms with Crippen LogP contribution in [0.1, 0.15) is 25.8 Å². The van der Waals surface area contributed by atoms with Crippen molar-refractivity contribution in [1.29, 1.82) is 0 Å². The number of hydrogen-bond donors (Lipinski definition) is 1. The average Bonchev–Trinajstić information content (AvgIpc) is 2.67. The molecule has 1 fully saturated rings. The summed E-state index contributed by atoms with van der Waals surface area (Å²) in [5, 5.41) is 2.77. The maximum Gasteiger partial charge on any atom is 0.324 e. The number of hydrogen-bond acceptors (Lipinski definition) is 2. The Morgan fingerprint density at radius 3 is 2.58 bits per heavy atom. The third-order valence-corrected chi connectivity index (χ3v) is 3.58. The summed E-state index contributed by atoms with van der Waals surface area (Å²) in [6, 6.07) is 9.08. The van der Waals surface area contributed by atoms with Gasteiger partial charge in [-0.2, -0.15) is 0 Å². The molecule has 4 heteroatoms. The molecule has 0 saturated carbocycles. The fraction of sp³-hybridized carbons (Fsp3) is 0.467. The van der Waals surface area contributed by atoms with Crippen LogP contribution >= 0.6 is 0 Å². The molecule has 19 heavy (non-hydrogen) atoms. The van der Waals surface area contributed by atoms with E-state index in [4.69, 9.17) is 0 Å². The fourth-order valence-corrected chi connectivity index (χ4v) is 2.18. The lowest BCUT2D eigenvalue weighted by Gasteiger charge is -2.17. The van der Waals surface area contributed by atoms with Gasteiger partial charge in [0, 0.05) is 13.0 Å². The van der Waals surface area contributed by atoms with E-state index in [1.165, 1.54) is 4.90 Å². The molecule has 1 N–H and O–H groups in total. The SMILES string of the molecule is CC[C@@H](C)CN1C(=O)N[C@H](Cc2ccccc2)C1=O. The summed E-state index contributed by atoms with van der Waals surface area (Å²) in [5.74, 6) is 0.235. The van der Waals surface area contributed by atoms with Gasteiger partial charge in [-0.05, 0) is 11.5 Å². The minimum absolute atomic E-state index is 0.103. The molecule has 0 spiro atoms. The van der Waals surface area contributed by atoms with Gasteiger partial charge in [-0.15, -0.1) is 0 Å². The fourth-order valence-electron chi connectivity index (χ4n) is 2.18. The van der Waals surface area contributed by atoms with E-state index in [2.05, 4.69) is 12.2 Å². The Morgan fingerprint density at radius 2 is 1.95 bits per heavy atom. The molecule has 2 rings (SSSR count). The Balaban J connectivity index is 2.02. The number of nitrogens with one attached hydrogen (secondary N) is 1. The Bertz CT molecular complexity index is 458. The van der Waals surface area contributed by atoms with Crippen LogP contribution in [0, 0.1) is 5.92 Å². The highest BCUT2D eigenvalue weighted by molar-refractivity contribution is 6.04. The van der Waals surface area contributed by atoms with Gasteiger partial charge in [0.05, 0.1) is 0 Å². The van der Waals surface area contributed by atoms with Gasteiger partial charge in [-0.25, -0.2) is 4.79 Å². The van der Waals surface area contributed by atoms with Crippen molar-refractivity contribution >= 4 is 11.9 Å². The van der Waals surface area contributed by atoms with Crippen LogP contribution in [0.3, 0.4) is 0 Å². The molecule has 0 aliphatic carbocycles. The molecular formula is C15H20N2O2. The topological polar surface area (TPSA) is 49.4 Å². The van der Waals surface area contributed by atoms with Gasteiger partial charge in [0.2, 0.25) is 0 Å². The predicted octanol–water partition coefficient (Wildman–Crippen LogP) is 2.20. The first-order chi connectivity index (χ1) is 9.11. The summed E-state index contributed by atoms with van der Waals surface area (Å²) in [5.41, 5.74) is 1.06. The van der Waals surface area contributed by atoms with Crippen molar-refractivity contribution in [3.05, 3.63) is 35.9 Å². The van der Waals surface area contributed by atoms with Gasteiger partial charge < -0.3 is 5.32 Å². The maximum absolute atomic E-state index is 12.2. The monoisotopic (exact) mass is 260 g/mol. The molecule has 0 aromatic heterocycles. The molecule has 1 aromatic rings. The second-order valence-corrected chi connectivity index (χ2v) is 5.15. The molecule has 1 aromatic carbocycles. The zero-order chi connectivity index (χ0) is 13.8. The van der Waals surface area contributed by atoms with E-state index in [-0.39, 0.29) is 11.9 Å². The smallest absolute Gasteiger partial charge is 0.324 e. The average molecular weight is 260 g/mol. The van der Waals surface area contributed by atoms with Crippen molar-refractivity contribution in [3.8, 4) is 0 Å². The van der Waals surface area contributed by atoms with Crippen molar-refractivity contribution in [2.75, 3.05) is 6.54 Å². The van der Waals surface area contributed by atoms with E-state index in [1.807, 2.05) is 37.3 Å². The van der Waals surface area contributed by atoms with Gasteiger partial charge in [-0.1, -0.05) is 50.6 Å². The number of amides is 3. The first kappa shape index (κ1) is 13.6. The number of carbonyl (C=O) groups is 2. The van der Waals surface area contributed by atoms with Crippen LogP contribution in [-0.2, 0) is 11.2 Å². The number of imide groups is 1. The lowest BCUT2D eigenvalue weighted by atomic mass is 10.1. The lowest BCUT2D eigenvalue weighted by Crippen LogP contribution is -2.35. The molecule has 1 heterocycles. The van der Waals surface area contributed by atoms with E-state index < -0.39 is 6.04 Å². The molecule has 0 unspecified atom stereocenters. The summed E-state index contributed by atoms with van der Waals surface area (Å²) < 4.78 is 0. The van der Waals surface area contributed by atoms with Crippen LogP contribution in [-0.4, -0.2) is 29.4 Å². The zero-order valence-corrected chi connectivity index (χ0v) is 11.4. The second-order valence-electron chi connectivity index (χ2n) is 5.15. The quantitative estimate of drug-likeness (QED) is 0.825. The van der Waals surface area contributed by atoms with Crippen molar-refractivity contribution < 1.29 is 9.59 Å². The minimum atomic E-state index is -0.418. The normalized spacial score (nSPS) is 20.5. The van der Waals surface area contributed by atoms with Gasteiger partial charge in [0.15, 0.2) is 0 Å². The van der Waals surface area contributed by atoms with Crippen molar-refractivity contribution in [3.63, 3.8) is 0 Å². The van der Waals surface area contributed by atoms with Crippen LogP contribution < -0.4 is 5.32 Å². The molecule has 0 radical (unpaired) electrons. The third-order valence-electron chi connectivity index (χ3n) is 3.58. The highest BCUT2D eigenvalue weighted by Crippen LogP contribution is 2.14. The summed E-state index contributed by atoms with van der Waals surface area (Å²) in [7, 11) is 0. The summed E-state index contributed by atoms with van der Waals surface area (Å²) in [4.78, 5) is 25.4. The second kappa shape index (κ2) is 5.87. The van der Waals surface area contributed by atoms with Crippen LogP contribution in [0.25, 0.3) is 0 Å². The number of urea groups is 1. The molecular weight excluding hydrogens is 240 g/mol. The summed E-state index contributed by atoms with van der Waals surface area (Å²) in [6.07, 6.45) is 1.52. The van der Waals surface area contributed by atoms with Crippen molar-refractivity contribution in [2.24, 2.45) is 5.92 Å². The molecule has 102 valence electrons. The van der Waals surface area contributed by atoms with Gasteiger partial charge in [0.1, 0.15) is 6.04 Å². The molecule has 3 amide bonds. The summed E-state index contributed by atoms with van der Waals surface area (Å²) >= 11 is 0. The number of benzene rings is 1. The minimum Gasteiger partial charge on any atom is -0.325 e. The Labute approximate surface area is 113 Å². The first-order valence-electron chi connectivity index (χ1n) is 6.77. The molecule has 2 atom stereocenters. The molecule has 1 aliphatic heterocycles. The summed E-state index contributed by atoms with van der Waals surface area (Å²) in [6.45, 7) is 4.61. The standard InChI is InChI=1S/C15H20N2O2/c1-3-11(2)10-17-14(18)13(16-15(17)19)9-12-7-5-4-6-8-12/h4-8,11,13H,3,9-10H2,1-2H3,(H,16,19)/t11-,13-/m1/s1. The largest absolute Gasteiger partial charge is 0.325 e. The van der Waals surface area contributed by atoms with Gasteiger partial charge in [0.25, 0.3) is 5.91 Å². The Hall–Kier alpha value is -1.84. The predicted molar refractivity (Wildman–Crippen MR) is 73.6 cm³/mol. The van der Waals surface area contributed by atoms with E-state index >= 15 is 0 Å². The number of carbonyl (C=O) groups excluding carboxylic acids is 2. The van der Waals surface area contributed by atoms with E-state index in [0.29, 0.717) is 18.9 Å². The third kappa shape index (κ3) is 3.13. The Morgan fingerprint density at radius 1 is 1.26 bits per heavy atom. The van der Waals surface area contributed by atoms with Gasteiger partial charge >= 0.3 is 6.03 Å². The molecule has 4 nitrogen and oxygen atoms in total. The van der Waals surface area contributed by atoms with Crippen LogP contribution in [0.4, 0.5) is 4.79 Å². The number of nitrogens with zero attached hydrogens (tertiary/aromatic N) is 1. The van der Waals surface area contributed by atoms with Crippen LogP contribution in [0.5, 0.6) is 0 Å². The highest BCUT2D eigenvalue weighted by atomic mass is 16.2. The van der Waals surface area contributed by atoms with Gasteiger partial charge in [-0.3, -0.25) is 9.69 Å². The van der Waals surface area contributed by atoms with Crippen molar-refractivity contribution in [1.82, 2.24) is 10.2 Å². The van der Waals surface area contributed by atoms with Crippen molar-refractivity contribution in [2.45, 2.75) is 32.7 Å². The van der Waals surface area contributed by atoms with Crippen LogP contribution in [0.15, 0.2) is 30.3 Å². The highest BCUT2D eigenvalue weighted by Gasteiger charge is 2.38. The molecule has 1 saturated heterocycles. The first-order valence-corrected chi connectivity index (χ1v) is 6.77. The van der Waals surface area contributed by atoms with E-state index in [1.54, 1.807) is 0 Å². The number of rotatable bonds is 5. The lowest BCUT2D eigenvalue weighted by molar-refractivity contribution is -0.127. The van der Waals surface area contributed by atoms with Crippen LogP contribution in [0.2, 0.25) is 0 Å². The van der Waals surface area contributed by atoms with E-state index in [0.717, 1.165) is 12.0 Å². The Kier molecular flexibility index (Phi) is 4.20. The molecule has 0 bridgehead atoms. The molecule has 1 aliphatic rings. The zero-order valence-electron chi connectivity index (χ0n) is 11.4. The maximum atomic E-state index is 12.2.